The van der Waals surface area contributed by atoms with Crippen LogP contribution in [0.1, 0.15) is 0 Å². The first kappa shape index (κ1) is 15.7. The minimum absolute atomic E-state index is 0.0363. The highest BCUT2D eigenvalue weighted by molar-refractivity contribution is 6.33. The number of carbonyl (C=O) groups excluding carboxylic acids is 1. The van der Waals surface area contributed by atoms with E-state index in [-0.39, 0.29) is 5.02 Å². The lowest BCUT2D eigenvalue weighted by molar-refractivity contribution is -0.119. The number of hydrogen-bond donors (Lipinski definition) is 2. The molecular formula is C12H18ClN5O3. The summed E-state index contributed by atoms with van der Waals surface area (Å²) in [6.45, 7) is 2.29. The van der Waals surface area contributed by atoms with Gasteiger partial charge in [0.1, 0.15) is 11.1 Å². The van der Waals surface area contributed by atoms with Crippen molar-refractivity contribution in [3.63, 3.8) is 0 Å². The van der Waals surface area contributed by atoms with Crippen molar-refractivity contribution in [1.82, 2.24) is 15.1 Å². The van der Waals surface area contributed by atoms with Gasteiger partial charge in [-0.3, -0.25) is 9.59 Å². The Labute approximate surface area is 126 Å². The second-order valence-electron chi connectivity index (χ2n) is 4.68. The normalized spacial score (nSPS) is 18.8. The summed E-state index contributed by atoms with van der Waals surface area (Å²) >= 11 is 6.15. The summed E-state index contributed by atoms with van der Waals surface area (Å²) in [5.74, 6) is -0.471. The number of rotatable bonds is 5. The molecule has 2 rings (SSSR count). The van der Waals surface area contributed by atoms with Gasteiger partial charge in [-0.05, 0) is 0 Å². The molecule has 1 atom stereocenters. The highest BCUT2D eigenvalue weighted by Gasteiger charge is 2.29. The van der Waals surface area contributed by atoms with Crippen molar-refractivity contribution in [3.8, 4) is 0 Å². The fourth-order valence-electron chi connectivity index (χ4n) is 2.24. The summed E-state index contributed by atoms with van der Waals surface area (Å²) in [7, 11) is 1.54. The Morgan fingerprint density at radius 1 is 1.67 bits per heavy atom. The van der Waals surface area contributed by atoms with E-state index in [0.29, 0.717) is 38.5 Å². The molecule has 9 heteroatoms. The van der Waals surface area contributed by atoms with Crippen LogP contribution in [0.2, 0.25) is 5.02 Å². The maximum Gasteiger partial charge on any atom is 0.287 e. The summed E-state index contributed by atoms with van der Waals surface area (Å²) in [4.78, 5) is 25.4. The second-order valence-corrected chi connectivity index (χ2v) is 5.06. The molecule has 0 aromatic carbocycles. The van der Waals surface area contributed by atoms with Crippen LogP contribution in [0.5, 0.6) is 0 Å². The fraction of sp³-hybridized carbons (Fsp3) is 0.583. The number of anilines is 1. The van der Waals surface area contributed by atoms with Gasteiger partial charge in [0.05, 0.1) is 25.0 Å². The third-order valence-electron chi connectivity index (χ3n) is 3.35. The Hall–Kier alpha value is -1.64. The summed E-state index contributed by atoms with van der Waals surface area (Å²) in [5.41, 5.74) is 5.42. The van der Waals surface area contributed by atoms with Crippen LogP contribution in [0.25, 0.3) is 0 Å². The summed E-state index contributed by atoms with van der Waals surface area (Å²) in [6.07, 6.45) is 1.49. The number of primary amides is 1. The van der Waals surface area contributed by atoms with Crippen LogP contribution in [-0.2, 0) is 16.1 Å². The van der Waals surface area contributed by atoms with Gasteiger partial charge in [-0.25, -0.2) is 4.68 Å². The molecule has 1 aliphatic heterocycles. The molecule has 0 aliphatic carbocycles. The van der Waals surface area contributed by atoms with Crippen molar-refractivity contribution in [3.05, 3.63) is 21.6 Å². The van der Waals surface area contributed by atoms with E-state index in [4.69, 9.17) is 22.1 Å². The zero-order valence-electron chi connectivity index (χ0n) is 11.7. The van der Waals surface area contributed by atoms with E-state index in [1.165, 1.54) is 10.9 Å². The van der Waals surface area contributed by atoms with Crippen LogP contribution in [0.4, 0.5) is 5.69 Å². The first-order valence-corrected chi connectivity index (χ1v) is 6.95. The zero-order valence-corrected chi connectivity index (χ0v) is 12.5. The van der Waals surface area contributed by atoms with Crippen LogP contribution in [0.3, 0.4) is 0 Å². The van der Waals surface area contributed by atoms with E-state index >= 15 is 0 Å². The maximum absolute atomic E-state index is 12.2. The molecule has 1 aromatic heterocycles. The Morgan fingerprint density at radius 2 is 2.43 bits per heavy atom. The molecule has 3 N–H and O–H groups in total. The van der Waals surface area contributed by atoms with E-state index in [1.807, 2.05) is 0 Å². The van der Waals surface area contributed by atoms with E-state index in [2.05, 4.69) is 10.4 Å². The van der Waals surface area contributed by atoms with Crippen LogP contribution in [-0.4, -0.2) is 55.1 Å². The van der Waals surface area contributed by atoms with E-state index < -0.39 is 17.5 Å². The predicted molar refractivity (Wildman–Crippen MR) is 78.6 cm³/mol. The summed E-state index contributed by atoms with van der Waals surface area (Å²) in [5, 5.41) is 7.19. The number of nitrogens with one attached hydrogen (secondary N) is 1. The van der Waals surface area contributed by atoms with Gasteiger partial charge in [0.25, 0.3) is 5.56 Å². The highest BCUT2D eigenvalue weighted by Crippen LogP contribution is 2.23. The molecule has 0 bridgehead atoms. The number of hydrogen-bond acceptors (Lipinski definition) is 6. The average molecular weight is 316 g/mol. The van der Waals surface area contributed by atoms with E-state index in [9.17, 15) is 9.59 Å². The smallest absolute Gasteiger partial charge is 0.287 e. The van der Waals surface area contributed by atoms with Crippen molar-refractivity contribution < 1.29 is 9.53 Å². The molecule has 0 radical (unpaired) electrons. The van der Waals surface area contributed by atoms with Crippen LogP contribution in [0.15, 0.2) is 11.0 Å². The standard InChI is InChI=1S/C12H18ClN5O3/c1-21-5-4-18-12(20)10(13)8(7-16-18)17-3-2-15-6-9(17)11(14)19/h7,9,15H,2-6H2,1H3,(H2,14,19). The zero-order chi connectivity index (χ0) is 15.4. The fourth-order valence-corrected chi connectivity index (χ4v) is 2.50. The van der Waals surface area contributed by atoms with Crippen molar-refractivity contribution in [2.24, 2.45) is 5.73 Å². The van der Waals surface area contributed by atoms with Crippen molar-refractivity contribution in [2.75, 3.05) is 38.3 Å². The number of ether oxygens (including phenoxy) is 1. The lowest BCUT2D eigenvalue weighted by Crippen LogP contribution is -2.57. The van der Waals surface area contributed by atoms with Gasteiger partial charge in [-0.2, -0.15) is 5.10 Å². The van der Waals surface area contributed by atoms with Gasteiger partial charge in [0.15, 0.2) is 0 Å². The third-order valence-corrected chi connectivity index (χ3v) is 3.71. The minimum Gasteiger partial charge on any atom is -0.383 e. The molecule has 116 valence electrons. The van der Waals surface area contributed by atoms with Crippen molar-refractivity contribution in [2.45, 2.75) is 12.6 Å². The number of nitrogens with two attached hydrogens (primary N) is 1. The Morgan fingerprint density at radius 3 is 3.10 bits per heavy atom. The molecule has 2 heterocycles. The van der Waals surface area contributed by atoms with E-state index in [1.54, 1.807) is 12.0 Å². The predicted octanol–water partition coefficient (Wildman–Crippen LogP) is -1.19. The van der Waals surface area contributed by atoms with Gasteiger partial charge in [0.2, 0.25) is 5.91 Å². The van der Waals surface area contributed by atoms with Gasteiger partial charge < -0.3 is 20.7 Å². The highest BCUT2D eigenvalue weighted by atomic mass is 35.5. The number of methoxy groups -OCH3 is 1. The molecule has 0 saturated carbocycles. The van der Waals surface area contributed by atoms with Gasteiger partial charge in [0, 0.05) is 26.7 Å². The second kappa shape index (κ2) is 6.88. The quantitative estimate of drug-likeness (QED) is 0.708. The number of amides is 1. The SMILES string of the molecule is COCCn1ncc(N2CCNCC2C(N)=O)c(Cl)c1=O. The Bertz CT molecular complexity index is 577. The third kappa shape index (κ3) is 3.34. The summed E-state index contributed by atoms with van der Waals surface area (Å²) < 4.78 is 6.15. The van der Waals surface area contributed by atoms with Crippen LogP contribution in [0, 0.1) is 0 Å². The number of carbonyl (C=O) groups is 1. The molecule has 0 spiro atoms. The molecule has 1 fully saturated rings. The molecule has 1 aromatic rings. The number of piperazine rings is 1. The first-order valence-electron chi connectivity index (χ1n) is 6.57. The number of nitrogens with zero attached hydrogens (tertiary/aromatic N) is 3. The molecule has 1 amide bonds. The molecule has 21 heavy (non-hydrogen) atoms. The number of aromatic nitrogens is 2. The van der Waals surface area contributed by atoms with Crippen molar-refractivity contribution in [1.29, 1.82) is 0 Å². The first-order chi connectivity index (χ1) is 10.1. The van der Waals surface area contributed by atoms with Crippen LogP contribution < -0.4 is 21.5 Å². The van der Waals surface area contributed by atoms with Crippen molar-refractivity contribution >= 4 is 23.2 Å². The Balaban J connectivity index is 2.33. The maximum atomic E-state index is 12.2. The lowest BCUT2D eigenvalue weighted by atomic mass is 10.1. The van der Waals surface area contributed by atoms with Gasteiger partial charge in [-0.1, -0.05) is 11.6 Å². The van der Waals surface area contributed by atoms with Crippen LogP contribution >= 0.6 is 11.6 Å². The monoisotopic (exact) mass is 315 g/mol. The molecular weight excluding hydrogens is 298 g/mol. The molecule has 8 nitrogen and oxygen atoms in total. The minimum atomic E-state index is -0.549. The topological polar surface area (TPSA) is 102 Å². The average Bonchev–Trinajstić information content (AvgIpc) is 2.49. The molecule has 1 unspecified atom stereocenters. The lowest BCUT2D eigenvalue weighted by Gasteiger charge is -2.36. The van der Waals surface area contributed by atoms with Gasteiger partial charge >= 0.3 is 0 Å². The van der Waals surface area contributed by atoms with E-state index in [0.717, 1.165) is 0 Å². The summed E-state index contributed by atoms with van der Waals surface area (Å²) in [6, 6.07) is -0.549. The molecule has 1 saturated heterocycles. The Kier molecular flexibility index (Phi) is 5.16. The van der Waals surface area contributed by atoms with Gasteiger partial charge in [-0.15, -0.1) is 0 Å². The number of halogens is 1. The molecule has 1 aliphatic rings. The largest absolute Gasteiger partial charge is 0.383 e.